The van der Waals surface area contributed by atoms with Crippen LogP contribution in [0.1, 0.15) is 159 Å². The Morgan fingerprint density at radius 2 is 0.934 bits per heavy atom. The molecular weight excluding hydrogens is 1500 g/mol. The number of piperidine rings is 3. The maximum Gasteiger partial charge on any atom is 0.339 e. The third kappa shape index (κ3) is 24.2. The minimum atomic E-state index is -0.491. The molecule has 20 nitrogen and oxygen atoms in total. The fourth-order valence-electron chi connectivity index (χ4n) is 13.2. The summed E-state index contributed by atoms with van der Waals surface area (Å²) in [6.07, 6.45) is 11.2. The highest BCUT2D eigenvalue weighted by atomic mass is 127. The van der Waals surface area contributed by atoms with Crippen molar-refractivity contribution < 1.29 is 147 Å². The van der Waals surface area contributed by atoms with Gasteiger partial charge in [0.15, 0.2) is 18.9 Å². The Kier molecular flexibility index (Phi) is 35.9. The molecule has 23 heteroatoms. The number of nitrogens with one attached hydrogen (secondary N) is 3. The lowest BCUT2D eigenvalue weighted by Crippen LogP contribution is -3.00. The average Bonchev–Trinajstić information content (AvgIpc) is 1.08. The molecule has 91 heavy (non-hydrogen) atoms. The van der Waals surface area contributed by atoms with E-state index in [0.717, 1.165) is 119 Å². The van der Waals surface area contributed by atoms with Gasteiger partial charge in [-0.2, -0.15) is 0 Å². The van der Waals surface area contributed by atoms with E-state index in [1.807, 2.05) is 72.7 Å². The van der Waals surface area contributed by atoms with Gasteiger partial charge in [-0.25, -0.2) is 14.4 Å². The molecule has 4 amide bonds. The van der Waals surface area contributed by atoms with Crippen LogP contribution in [0, 0.1) is 44.4 Å². The van der Waals surface area contributed by atoms with E-state index in [0.29, 0.717) is 79.7 Å². The number of quaternary nitrogens is 3. The van der Waals surface area contributed by atoms with Gasteiger partial charge in [-0.3, -0.25) is 28.8 Å². The van der Waals surface area contributed by atoms with Crippen LogP contribution in [-0.4, -0.2) is 179 Å². The van der Waals surface area contributed by atoms with Crippen LogP contribution in [0.4, 0.5) is 11.4 Å². The number of primary amides is 1. The first-order valence-electron chi connectivity index (χ1n) is 31.9. The van der Waals surface area contributed by atoms with Gasteiger partial charge in [0, 0.05) is 12.5 Å². The van der Waals surface area contributed by atoms with Crippen molar-refractivity contribution in [3.63, 3.8) is 0 Å². The molecule has 5 N–H and O–H groups in total. The molecule has 1 saturated carbocycles. The quantitative estimate of drug-likeness (QED) is 0.0418. The van der Waals surface area contributed by atoms with Gasteiger partial charge in [0.2, 0.25) is 11.8 Å². The molecule has 0 bridgehead atoms. The highest BCUT2D eigenvalue weighted by Gasteiger charge is 2.42. The standard InChI is InChI=1S/C26H38N2O4.C23H34N2O5.C19H27N3O4.3HI/c1-4-28(15-9-11-20(17-28)25(30)27-21-12-6-5-7-13-21)18-22(29)16-24-19(2)10-8-14-23(24)26(31)32-3;1-6-25(12-8-10-18(13-25)22(27)30-15-16(2)3)14-20(26)24-21-17(4)9-7-11-19(21)23(28)29-5;1-4-22(10-6-8-14(11-22)18(20)24)12-16(23)21-17-13(2)7-5-9-15(17)19(25)26-3;;;/h8,10,14,20-21H,4-7,9,11-13,15-18H2,1-3H3;7,9,11,16,18H,6,8,10,12-15H2,1-5H3;5,7,9,14H,4,6,8,10-12H2,1-3H3,(H2-,20,21,23,24,25);3*1H. The van der Waals surface area contributed by atoms with Crippen molar-refractivity contribution >= 4 is 64.7 Å². The highest BCUT2D eigenvalue weighted by Crippen LogP contribution is 2.30. The number of anilines is 2. The second-order valence-corrected chi connectivity index (χ2v) is 25.3. The van der Waals surface area contributed by atoms with Gasteiger partial charge < -0.3 is 126 Å². The average molecular weight is 1610 g/mol. The summed E-state index contributed by atoms with van der Waals surface area (Å²) in [6.45, 7) is 23.9. The zero-order valence-corrected chi connectivity index (χ0v) is 62.1. The number of carbonyl (C=O) groups is 9. The first-order chi connectivity index (χ1) is 41.9. The SMILES string of the molecule is CC[N+]1(CC(=O)Cc2c(C)cccc2C(=O)OC)CCCC(C(=O)NC2CCCCC2)C1.CC[N+]1(CC(=O)Nc2c(C)cccc2C(=O)OC)CCCC(C(=O)OCC(C)C)C1.CC[N+]1(CC(=O)Nc2c(C)cccc2C(=O)OC)CCCC(C(N)=O)C1.[I-].[I-].[I-]. The number of methoxy groups -OCH3 is 3. The summed E-state index contributed by atoms with van der Waals surface area (Å²) in [5.74, 6) is -2.03. The smallest absolute Gasteiger partial charge is 0.339 e. The Morgan fingerprint density at radius 3 is 1.38 bits per heavy atom. The van der Waals surface area contributed by atoms with E-state index >= 15 is 0 Å². The molecule has 4 aliphatic rings. The number of likely N-dealkylation sites (N-methyl/N-ethyl adjacent to an activating group) is 3. The number of nitrogens with zero attached hydrogens (tertiary/aromatic N) is 3. The number of amides is 4. The number of rotatable bonds is 22. The summed E-state index contributed by atoms with van der Waals surface area (Å²) >= 11 is 0. The van der Waals surface area contributed by atoms with Gasteiger partial charge in [-0.15, -0.1) is 0 Å². The van der Waals surface area contributed by atoms with E-state index < -0.39 is 17.9 Å². The lowest BCUT2D eigenvalue weighted by Gasteiger charge is -2.43. The predicted octanol–water partition coefficient (Wildman–Crippen LogP) is -0.781. The van der Waals surface area contributed by atoms with E-state index in [9.17, 15) is 43.2 Å². The van der Waals surface area contributed by atoms with Gasteiger partial charge in [0.05, 0.1) is 127 Å². The number of Topliss-reactive ketones (excluding diaryl/α,β-unsaturated/α-hetero) is 1. The van der Waals surface area contributed by atoms with E-state index in [1.165, 1.54) is 40.6 Å². The Balaban J connectivity index is 0.000000460. The molecule has 3 saturated heterocycles. The van der Waals surface area contributed by atoms with Crippen LogP contribution in [0.5, 0.6) is 0 Å². The van der Waals surface area contributed by atoms with E-state index in [2.05, 4.69) is 22.9 Å². The van der Waals surface area contributed by atoms with Gasteiger partial charge in [0.25, 0.3) is 11.8 Å². The molecule has 3 aromatic carbocycles. The number of ether oxygens (including phenoxy) is 4. The Labute approximate surface area is 591 Å². The minimum Gasteiger partial charge on any atom is -1.00 e. The summed E-state index contributed by atoms with van der Waals surface area (Å²) in [5.41, 5.74) is 10.8. The molecule has 3 aromatic rings. The van der Waals surface area contributed by atoms with E-state index in [1.54, 1.807) is 30.3 Å². The largest absolute Gasteiger partial charge is 1.00 e. The number of benzene rings is 3. The molecule has 3 aliphatic heterocycles. The van der Waals surface area contributed by atoms with Gasteiger partial charge in [0.1, 0.15) is 12.5 Å². The van der Waals surface area contributed by atoms with Gasteiger partial charge in [-0.05, 0) is 139 Å². The van der Waals surface area contributed by atoms with Crippen LogP contribution < -0.4 is 93.6 Å². The molecule has 3 heterocycles. The number of para-hydroxylation sites is 2. The molecule has 4 fully saturated rings. The van der Waals surface area contributed by atoms with Crippen molar-refractivity contribution in [2.24, 2.45) is 29.4 Å². The number of esters is 4. The van der Waals surface area contributed by atoms with Gasteiger partial charge in [-0.1, -0.05) is 69.5 Å². The van der Waals surface area contributed by atoms with Crippen molar-refractivity contribution in [3.8, 4) is 0 Å². The lowest BCUT2D eigenvalue weighted by atomic mass is 9.91. The van der Waals surface area contributed by atoms with Crippen LogP contribution >= 0.6 is 0 Å². The summed E-state index contributed by atoms with van der Waals surface area (Å²) in [6, 6.07) is 16.2. The summed E-state index contributed by atoms with van der Waals surface area (Å²) < 4.78 is 21.7. The number of hydrogen-bond acceptors (Lipinski definition) is 13. The highest BCUT2D eigenvalue weighted by molar-refractivity contribution is 6.03. The first kappa shape index (κ1) is 82.3. The van der Waals surface area contributed by atoms with Crippen LogP contribution in [0.3, 0.4) is 0 Å². The number of carbonyl (C=O) groups excluding carboxylic acids is 9. The molecule has 0 radical (unpaired) electrons. The molecule has 1 aliphatic carbocycles. The summed E-state index contributed by atoms with van der Waals surface area (Å²) in [7, 11) is 3.99. The molecule has 0 spiro atoms. The Hall–Kier alpha value is -4.84. The topological polar surface area (TPSA) is 253 Å². The zero-order valence-electron chi connectivity index (χ0n) is 55.6. The van der Waals surface area contributed by atoms with Crippen molar-refractivity contribution in [1.29, 1.82) is 0 Å². The molecule has 508 valence electrons. The maximum absolute atomic E-state index is 13.2. The monoisotopic (exact) mass is 1610 g/mol. The van der Waals surface area contributed by atoms with Crippen molar-refractivity contribution in [1.82, 2.24) is 5.32 Å². The number of ketones is 1. The van der Waals surface area contributed by atoms with Gasteiger partial charge >= 0.3 is 23.9 Å². The molecule has 7 rings (SSSR count). The number of hydrogen-bond donors (Lipinski definition) is 4. The number of halogens is 3. The fraction of sp³-hybridized carbons (Fsp3) is 0.603. The minimum absolute atomic E-state index is 0. The van der Waals surface area contributed by atoms with Crippen LogP contribution in [0.15, 0.2) is 54.6 Å². The molecule has 0 aromatic heterocycles. The third-order valence-electron chi connectivity index (χ3n) is 18.6. The normalized spacial score (nSPS) is 21.9. The number of aryl methyl sites for hydroxylation is 3. The molecule has 6 atom stereocenters. The lowest BCUT2D eigenvalue weighted by molar-refractivity contribution is -0.925. The second-order valence-electron chi connectivity index (χ2n) is 25.3. The van der Waals surface area contributed by atoms with E-state index in [4.69, 9.17) is 24.7 Å². The van der Waals surface area contributed by atoms with Crippen molar-refractivity contribution in [3.05, 3.63) is 93.5 Å². The zero-order chi connectivity index (χ0) is 64.8. The number of nitrogens with two attached hydrogens (primary N) is 1. The first-order valence-corrected chi connectivity index (χ1v) is 31.9. The fourth-order valence-corrected chi connectivity index (χ4v) is 13.2. The Bertz CT molecular complexity index is 2940. The van der Waals surface area contributed by atoms with Crippen molar-refractivity contribution in [2.45, 2.75) is 138 Å². The summed E-state index contributed by atoms with van der Waals surface area (Å²) in [5, 5.41) is 9.08. The third-order valence-corrected chi connectivity index (χ3v) is 18.6. The summed E-state index contributed by atoms with van der Waals surface area (Å²) in [4.78, 5) is 112. The molecule has 6 unspecified atom stereocenters. The van der Waals surface area contributed by atoms with Crippen LogP contribution in [0.25, 0.3) is 0 Å². The maximum atomic E-state index is 13.2. The Morgan fingerprint density at radius 1 is 0.527 bits per heavy atom. The van der Waals surface area contributed by atoms with E-state index in [-0.39, 0.29) is 145 Å². The number of likely N-dealkylation sites (tertiary alicyclic amines) is 3. The predicted molar refractivity (Wildman–Crippen MR) is 338 cm³/mol. The molecular formula is C68H102I3N7O13. The van der Waals surface area contributed by atoms with Crippen LogP contribution in [0.2, 0.25) is 0 Å². The van der Waals surface area contributed by atoms with Crippen LogP contribution in [-0.2, 0) is 54.1 Å². The second kappa shape index (κ2) is 39.8. The van der Waals surface area contributed by atoms with Crippen molar-refractivity contribution in [2.75, 3.05) is 117 Å².